The van der Waals surface area contributed by atoms with Gasteiger partial charge in [0.25, 0.3) is 0 Å². The van der Waals surface area contributed by atoms with E-state index in [9.17, 15) is 0 Å². The highest BCUT2D eigenvalue weighted by Gasteiger charge is 2.26. The average Bonchev–Trinajstić information content (AvgIpc) is 2.33. The maximum atomic E-state index is 8.45. The molecule has 0 aliphatic carbocycles. The van der Waals surface area contributed by atoms with Gasteiger partial charge in [-0.15, -0.1) is 0 Å². The molecule has 0 bridgehead atoms. The summed E-state index contributed by atoms with van der Waals surface area (Å²) >= 11 is 1.69. The number of thioether (sulfide) groups is 1. The minimum Gasteiger partial charge on any atom is -0.198 e. The van der Waals surface area contributed by atoms with Crippen LogP contribution in [0.2, 0.25) is 0 Å². The van der Waals surface area contributed by atoms with Gasteiger partial charge in [-0.25, -0.2) is 0 Å². The number of nitriles is 2. The highest BCUT2D eigenvalue weighted by atomic mass is 32.2. The Kier molecular flexibility index (Phi) is 1.97. The first-order valence-electron chi connectivity index (χ1n) is 2.75. The molecule has 9 heavy (non-hydrogen) atoms. The van der Waals surface area contributed by atoms with Crippen LogP contribution < -0.4 is 0 Å². The third kappa shape index (κ3) is 1.17. The normalized spacial score (nSPS) is 33.1. The van der Waals surface area contributed by atoms with Gasteiger partial charge in [-0.2, -0.15) is 22.3 Å². The number of hydrogen-bond donors (Lipinski definition) is 0. The predicted molar refractivity (Wildman–Crippen MR) is 35.5 cm³/mol. The summed E-state index contributed by atoms with van der Waals surface area (Å²) in [5.41, 5.74) is 0. The summed E-state index contributed by atoms with van der Waals surface area (Å²) in [5, 5.41) is 16.9. The quantitative estimate of drug-likeness (QED) is 0.502. The van der Waals surface area contributed by atoms with E-state index in [4.69, 9.17) is 10.5 Å². The monoisotopic (exact) mass is 138 g/mol. The molecule has 1 fully saturated rings. The van der Waals surface area contributed by atoms with Gasteiger partial charge in [-0.1, -0.05) is 0 Å². The first kappa shape index (κ1) is 6.45. The summed E-state index contributed by atoms with van der Waals surface area (Å²) in [6.07, 6.45) is 0. The van der Waals surface area contributed by atoms with Crippen molar-refractivity contribution in [2.75, 3.05) is 11.5 Å². The molecular formula is C6H6N2S. The fourth-order valence-corrected chi connectivity index (χ4v) is 2.07. The summed E-state index contributed by atoms with van der Waals surface area (Å²) in [6.45, 7) is 0. The van der Waals surface area contributed by atoms with Gasteiger partial charge in [0.05, 0.1) is 24.0 Å². The van der Waals surface area contributed by atoms with E-state index in [0.29, 0.717) is 0 Å². The Morgan fingerprint density at radius 3 is 1.89 bits per heavy atom. The maximum absolute atomic E-state index is 8.45. The molecule has 0 aromatic carbocycles. The maximum Gasteiger partial charge on any atom is 0.0720 e. The van der Waals surface area contributed by atoms with Crippen LogP contribution >= 0.6 is 11.8 Å². The fourth-order valence-electron chi connectivity index (χ4n) is 0.809. The van der Waals surface area contributed by atoms with Crippen molar-refractivity contribution < 1.29 is 0 Å². The standard InChI is InChI=1S/C6H6N2S/c7-1-5-3-9-4-6(5)2-8/h5-6H,3-4H2. The Bertz CT molecular complexity index is 156. The molecule has 0 aromatic rings. The zero-order valence-electron chi connectivity index (χ0n) is 4.87. The molecule has 1 aliphatic heterocycles. The molecule has 0 saturated carbocycles. The Balaban J connectivity index is 2.57. The summed E-state index contributed by atoms with van der Waals surface area (Å²) in [6, 6.07) is 4.24. The van der Waals surface area contributed by atoms with Gasteiger partial charge in [-0.3, -0.25) is 0 Å². The van der Waals surface area contributed by atoms with Crippen molar-refractivity contribution in [2.24, 2.45) is 11.8 Å². The van der Waals surface area contributed by atoms with Crippen molar-refractivity contribution >= 4 is 11.8 Å². The molecule has 0 N–H and O–H groups in total. The van der Waals surface area contributed by atoms with E-state index in [1.54, 1.807) is 11.8 Å². The lowest BCUT2D eigenvalue weighted by atomic mass is 10.00. The Morgan fingerprint density at radius 2 is 1.56 bits per heavy atom. The fraction of sp³-hybridized carbons (Fsp3) is 0.667. The van der Waals surface area contributed by atoms with Gasteiger partial charge in [0.1, 0.15) is 0 Å². The highest BCUT2D eigenvalue weighted by Crippen LogP contribution is 2.28. The molecule has 0 aromatic heterocycles. The van der Waals surface area contributed by atoms with Crippen molar-refractivity contribution in [3.05, 3.63) is 0 Å². The van der Waals surface area contributed by atoms with Crippen molar-refractivity contribution in [3.8, 4) is 12.1 Å². The SMILES string of the molecule is N#CC1CSCC1C#N. The van der Waals surface area contributed by atoms with E-state index in [1.165, 1.54) is 0 Å². The third-order valence-electron chi connectivity index (χ3n) is 1.41. The van der Waals surface area contributed by atoms with Gasteiger partial charge < -0.3 is 0 Å². The summed E-state index contributed by atoms with van der Waals surface area (Å²) in [4.78, 5) is 0. The molecular weight excluding hydrogens is 132 g/mol. The van der Waals surface area contributed by atoms with E-state index in [-0.39, 0.29) is 11.8 Å². The summed E-state index contributed by atoms with van der Waals surface area (Å²) < 4.78 is 0. The lowest BCUT2D eigenvalue weighted by molar-refractivity contribution is 0.626. The molecule has 1 heterocycles. The van der Waals surface area contributed by atoms with Crippen LogP contribution in [-0.2, 0) is 0 Å². The van der Waals surface area contributed by atoms with E-state index in [2.05, 4.69) is 12.1 Å². The van der Waals surface area contributed by atoms with E-state index < -0.39 is 0 Å². The Labute approximate surface area is 58.5 Å². The largest absolute Gasteiger partial charge is 0.198 e. The van der Waals surface area contributed by atoms with Crippen LogP contribution in [0.3, 0.4) is 0 Å². The molecule has 1 rings (SSSR count). The van der Waals surface area contributed by atoms with Gasteiger partial charge in [-0.05, 0) is 0 Å². The molecule has 3 heteroatoms. The van der Waals surface area contributed by atoms with Gasteiger partial charge >= 0.3 is 0 Å². The van der Waals surface area contributed by atoms with Crippen LogP contribution in [-0.4, -0.2) is 11.5 Å². The minimum atomic E-state index is -0.0139. The van der Waals surface area contributed by atoms with Crippen LogP contribution in [0.4, 0.5) is 0 Å². The second kappa shape index (κ2) is 2.75. The average molecular weight is 138 g/mol. The number of hydrogen-bond acceptors (Lipinski definition) is 3. The summed E-state index contributed by atoms with van der Waals surface area (Å²) in [5.74, 6) is 1.66. The van der Waals surface area contributed by atoms with Crippen LogP contribution in [0.15, 0.2) is 0 Å². The van der Waals surface area contributed by atoms with Crippen molar-refractivity contribution in [3.63, 3.8) is 0 Å². The van der Waals surface area contributed by atoms with Crippen molar-refractivity contribution in [2.45, 2.75) is 0 Å². The Morgan fingerprint density at radius 1 is 1.11 bits per heavy atom. The zero-order valence-corrected chi connectivity index (χ0v) is 5.69. The molecule has 0 spiro atoms. The van der Waals surface area contributed by atoms with Gasteiger partial charge in [0, 0.05) is 11.5 Å². The first-order valence-corrected chi connectivity index (χ1v) is 3.91. The topological polar surface area (TPSA) is 47.6 Å². The van der Waals surface area contributed by atoms with Crippen LogP contribution in [0.25, 0.3) is 0 Å². The molecule has 46 valence electrons. The van der Waals surface area contributed by atoms with E-state index >= 15 is 0 Å². The second-order valence-electron chi connectivity index (χ2n) is 2.01. The lowest BCUT2D eigenvalue weighted by Crippen LogP contribution is -2.06. The number of nitrogens with zero attached hydrogens (tertiary/aromatic N) is 2. The molecule has 1 saturated heterocycles. The summed E-state index contributed by atoms with van der Waals surface area (Å²) in [7, 11) is 0. The molecule has 0 radical (unpaired) electrons. The zero-order chi connectivity index (χ0) is 6.69. The smallest absolute Gasteiger partial charge is 0.0720 e. The van der Waals surface area contributed by atoms with Crippen LogP contribution in [0.1, 0.15) is 0 Å². The van der Waals surface area contributed by atoms with Gasteiger partial charge in [0.2, 0.25) is 0 Å². The van der Waals surface area contributed by atoms with Crippen LogP contribution in [0.5, 0.6) is 0 Å². The predicted octanol–water partition coefficient (Wildman–Crippen LogP) is 1.01. The number of rotatable bonds is 0. The molecule has 0 amide bonds. The Hall–Kier alpha value is -0.670. The first-order chi connectivity index (χ1) is 4.38. The van der Waals surface area contributed by atoms with E-state index in [1.807, 2.05) is 0 Å². The van der Waals surface area contributed by atoms with Crippen molar-refractivity contribution in [1.82, 2.24) is 0 Å². The van der Waals surface area contributed by atoms with Crippen molar-refractivity contribution in [1.29, 1.82) is 10.5 Å². The minimum absolute atomic E-state index is 0.0139. The third-order valence-corrected chi connectivity index (χ3v) is 2.60. The van der Waals surface area contributed by atoms with E-state index in [0.717, 1.165) is 11.5 Å². The van der Waals surface area contributed by atoms with Gasteiger partial charge in [0.15, 0.2) is 0 Å². The highest BCUT2D eigenvalue weighted by molar-refractivity contribution is 7.99. The molecule has 2 nitrogen and oxygen atoms in total. The van der Waals surface area contributed by atoms with Crippen LogP contribution in [0, 0.1) is 34.5 Å². The molecule has 2 atom stereocenters. The molecule has 2 unspecified atom stereocenters. The molecule has 1 aliphatic rings. The lowest BCUT2D eigenvalue weighted by Gasteiger charge is -1.97. The second-order valence-corrected chi connectivity index (χ2v) is 3.08.